The molecule has 0 aromatic heterocycles. The minimum atomic E-state index is 0.220. The Kier molecular flexibility index (Phi) is 3.46. The zero-order chi connectivity index (χ0) is 11.5. The van der Waals surface area contributed by atoms with E-state index in [1.165, 1.54) is 12.0 Å². The van der Waals surface area contributed by atoms with Gasteiger partial charge in [-0.25, -0.2) is 0 Å². The Bertz CT molecular complexity index is 354. The molecule has 1 aliphatic rings. The van der Waals surface area contributed by atoms with Crippen molar-refractivity contribution in [3.63, 3.8) is 0 Å². The first kappa shape index (κ1) is 11.4. The van der Waals surface area contributed by atoms with Gasteiger partial charge in [0.05, 0.1) is 12.6 Å². The number of nitrogens with two attached hydrogens (primary N) is 1. The molecule has 1 aliphatic carbocycles. The SMILES string of the molecule is CCOc1ccccc1C(NN)C1CC1C. The first-order valence-corrected chi connectivity index (χ1v) is 5.95. The molecule has 3 unspecified atom stereocenters. The topological polar surface area (TPSA) is 47.3 Å². The van der Waals surface area contributed by atoms with Crippen LogP contribution in [0.1, 0.15) is 31.9 Å². The Labute approximate surface area is 97.0 Å². The van der Waals surface area contributed by atoms with Crippen LogP contribution in [0.4, 0.5) is 0 Å². The molecule has 3 nitrogen and oxygen atoms in total. The van der Waals surface area contributed by atoms with E-state index < -0.39 is 0 Å². The third-order valence-electron chi connectivity index (χ3n) is 3.33. The van der Waals surface area contributed by atoms with E-state index >= 15 is 0 Å². The van der Waals surface area contributed by atoms with Gasteiger partial charge in [0.2, 0.25) is 0 Å². The summed E-state index contributed by atoms with van der Waals surface area (Å²) in [5.74, 6) is 8.02. The van der Waals surface area contributed by atoms with E-state index in [-0.39, 0.29) is 6.04 Å². The Balaban J connectivity index is 2.22. The molecule has 0 saturated heterocycles. The van der Waals surface area contributed by atoms with Gasteiger partial charge < -0.3 is 4.74 Å². The molecular formula is C13H20N2O. The van der Waals surface area contributed by atoms with Gasteiger partial charge in [-0.1, -0.05) is 25.1 Å². The fourth-order valence-electron chi connectivity index (χ4n) is 2.28. The van der Waals surface area contributed by atoms with Gasteiger partial charge in [-0.15, -0.1) is 0 Å². The van der Waals surface area contributed by atoms with Crippen LogP contribution in [-0.4, -0.2) is 6.61 Å². The van der Waals surface area contributed by atoms with Crippen molar-refractivity contribution in [2.24, 2.45) is 17.7 Å². The summed E-state index contributed by atoms with van der Waals surface area (Å²) in [5, 5.41) is 0. The number of hydrogen-bond acceptors (Lipinski definition) is 3. The fourth-order valence-corrected chi connectivity index (χ4v) is 2.28. The van der Waals surface area contributed by atoms with Crippen LogP contribution in [0, 0.1) is 11.8 Å². The number of ether oxygens (including phenoxy) is 1. The molecule has 88 valence electrons. The highest BCUT2D eigenvalue weighted by molar-refractivity contribution is 5.37. The van der Waals surface area contributed by atoms with Gasteiger partial charge in [0, 0.05) is 5.56 Å². The van der Waals surface area contributed by atoms with Gasteiger partial charge in [-0.05, 0) is 31.2 Å². The van der Waals surface area contributed by atoms with Crippen LogP contribution < -0.4 is 16.0 Å². The molecule has 2 rings (SSSR count). The molecule has 1 aromatic carbocycles. The average molecular weight is 220 g/mol. The summed E-state index contributed by atoms with van der Waals surface area (Å²) in [6.07, 6.45) is 1.25. The Morgan fingerprint density at radius 1 is 1.50 bits per heavy atom. The number of hydrazine groups is 1. The first-order chi connectivity index (χ1) is 7.77. The lowest BCUT2D eigenvalue weighted by atomic mass is 10.0. The third-order valence-corrected chi connectivity index (χ3v) is 3.33. The molecule has 0 aliphatic heterocycles. The summed E-state index contributed by atoms with van der Waals surface area (Å²) in [6.45, 7) is 4.95. The normalized spacial score (nSPS) is 25.2. The van der Waals surface area contributed by atoms with Crippen LogP contribution in [0.15, 0.2) is 24.3 Å². The monoisotopic (exact) mass is 220 g/mol. The maximum absolute atomic E-state index is 5.67. The van der Waals surface area contributed by atoms with Crippen molar-refractivity contribution >= 4 is 0 Å². The molecule has 1 saturated carbocycles. The van der Waals surface area contributed by atoms with Crippen LogP contribution in [0.3, 0.4) is 0 Å². The lowest BCUT2D eigenvalue weighted by Crippen LogP contribution is -2.30. The van der Waals surface area contributed by atoms with Crippen LogP contribution in [-0.2, 0) is 0 Å². The highest BCUT2D eigenvalue weighted by Crippen LogP contribution is 2.48. The van der Waals surface area contributed by atoms with E-state index in [4.69, 9.17) is 10.6 Å². The second-order valence-electron chi connectivity index (χ2n) is 4.49. The van der Waals surface area contributed by atoms with Crippen LogP contribution in [0.25, 0.3) is 0 Å². The van der Waals surface area contributed by atoms with E-state index in [1.807, 2.05) is 25.1 Å². The molecule has 16 heavy (non-hydrogen) atoms. The van der Waals surface area contributed by atoms with Crippen molar-refractivity contribution < 1.29 is 4.74 Å². The molecule has 0 spiro atoms. The molecule has 0 radical (unpaired) electrons. The van der Waals surface area contributed by atoms with Gasteiger partial charge in [0.1, 0.15) is 5.75 Å². The number of para-hydroxylation sites is 1. The molecule has 3 atom stereocenters. The second-order valence-corrected chi connectivity index (χ2v) is 4.49. The predicted molar refractivity (Wildman–Crippen MR) is 64.9 cm³/mol. The van der Waals surface area contributed by atoms with E-state index in [1.54, 1.807) is 0 Å². The lowest BCUT2D eigenvalue weighted by Gasteiger charge is -2.19. The molecule has 0 amide bonds. The Morgan fingerprint density at radius 2 is 2.19 bits per heavy atom. The quantitative estimate of drug-likeness (QED) is 0.591. The van der Waals surface area contributed by atoms with Gasteiger partial charge in [-0.2, -0.15) is 0 Å². The Hall–Kier alpha value is -1.06. The first-order valence-electron chi connectivity index (χ1n) is 5.95. The zero-order valence-electron chi connectivity index (χ0n) is 9.94. The largest absolute Gasteiger partial charge is 0.494 e. The van der Waals surface area contributed by atoms with Gasteiger partial charge in [0.25, 0.3) is 0 Å². The highest BCUT2D eigenvalue weighted by atomic mass is 16.5. The van der Waals surface area contributed by atoms with E-state index in [0.717, 1.165) is 11.7 Å². The molecule has 0 heterocycles. The smallest absolute Gasteiger partial charge is 0.124 e. The predicted octanol–water partition coefficient (Wildman–Crippen LogP) is 2.25. The van der Waals surface area contributed by atoms with Crippen LogP contribution >= 0.6 is 0 Å². The zero-order valence-corrected chi connectivity index (χ0v) is 9.94. The maximum atomic E-state index is 5.67. The summed E-state index contributed by atoms with van der Waals surface area (Å²) in [7, 11) is 0. The minimum absolute atomic E-state index is 0.220. The van der Waals surface area contributed by atoms with Gasteiger partial charge in [0.15, 0.2) is 0 Å². The lowest BCUT2D eigenvalue weighted by molar-refractivity contribution is 0.327. The van der Waals surface area contributed by atoms with Crippen molar-refractivity contribution in [2.75, 3.05) is 6.61 Å². The minimum Gasteiger partial charge on any atom is -0.494 e. The molecule has 3 N–H and O–H groups in total. The highest BCUT2D eigenvalue weighted by Gasteiger charge is 2.40. The molecule has 1 fully saturated rings. The number of benzene rings is 1. The average Bonchev–Trinajstić information content (AvgIpc) is 3.00. The molecule has 3 heteroatoms. The van der Waals surface area contributed by atoms with Crippen LogP contribution in [0.2, 0.25) is 0 Å². The van der Waals surface area contributed by atoms with Gasteiger partial charge in [-0.3, -0.25) is 11.3 Å². The summed E-state index contributed by atoms with van der Waals surface area (Å²) in [6, 6.07) is 8.36. The standard InChI is InChI=1S/C13H20N2O/c1-3-16-12-7-5-4-6-10(12)13(15-14)11-8-9(11)2/h4-7,9,11,13,15H,3,8,14H2,1-2H3. The Morgan fingerprint density at radius 3 is 2.75 bits per heavy atom. The summed E-state index contributed by atoms with van der Waals surface area (Å²) < 4.78 is 5.64. The van der Waals surface area contributed by atoms with Crippen LogP contribution in [0.5, 0.6) is 5.75 Å². The van der Waals surface area contributed by atoms with E-state index in [0.29, 0.717) is 12.5 Å². The van der Waals surface area contributed by atoms with Crippen molar-refractivity contribution in [2.45, 2.75) is 26.3 Å². The van der Waals surface area contributed by atoms with E-state index in [9.17, 15) is 0 Å². The second kappa shape index (κ2) is 4.85. The number of nitrogens with one attached hydrogen (secondary N) is 1. The molecular weight excluding hydrogens is 200 g/mol. The van der Waals surface area contributed by atoms with Crippen molar-refractivity contribution in [3.05, 3.63) is 29.8 Å². The van der Waals surface area contributed by atoms with Crippen molar-refractivity contribution in [3.8, 4) is 5.75 Å². The molecule has 1 aromatic rings. The summed E-state index contributed by atoms with van der Waals surface area (Å²) in [5.41, 5.74) is 4.11. The number of hydrogen-bond donors (Lipinski definition) is 2. The summed E-state index contributed by atoms with van der Waals surface area (Å²) >= 11 is 0. The van der Waals surface area contributed by atoms with Crippen molar-refractivity contribution in [1.29, 1.82) is 0 Å². The van der Waals surface area contributed by atoms with Crippen molar-refractivity contribution in [1.82, 2.24) is 5.43 Å². The third kappa shape index (κ3) is 2.20. The summed E-state index contributed by atoms with van der Waals surface area (Å²) in [4.78, 5) is 0. The van der Waals surface area contributed by atoms with Gasteiger partial charge >= 0.3 is 0 Å². The fraction of sp³-hybridized carbons (Fsp3) is 0.538. The molecule has 0 bridgehead atoms. The maximum Gasteiger partial charge on any atom is 0.124 e. The van der Waals surface area contributed by atoms with E-state index in [2.05, 4.69) is 18.4 Å². The number of rotatable bonds is 5.